The van der Waals surface area contributed by atoms with E-state index in [1.807, 2.05) is 4.90 Å². The van der Waals surface area contributed by atoms with Crippen molar-refractivity contribution in [3.8, 4) is 11.5 Å². The van der Waals surface area contributed by atoms with Crippen LogP contribution in [-0.4, -0.2) is 50.3 Å². The average molecular weight is 439 g/mol. The van der Waals surface area contributed by atoms with Crippen molar-refractivity contribution in [2.75, 3.05) is 38.7 Å². The van der Waals surface area contributed by atoms with Gasteiger partial charge in [0.15, 0.2) is 18.2 Å². The van der Waals surface area contributed by atoms with E-state index in [0.29, 0.717) is 48.3 Å². The molecule has 0 aromatic heterocycles. The van der Waals surface area contributed by atoms with Gasteiger partial charge in [-0.2, -0.15) is 0 Å². The summed E-state index contributed by atoms with van der Waals surface area (Å²) in [6.45, 7) is 1.84. The summed E-state index contributed by atoms with van der Waals surface area (Å²) in [5.41, 5.74) is 0.935. The molecule has 0 aliphatic carbocycles. The van der Waals surface area contributed by atoms with Gasteiger partial charge in [0.1, 0.15) is 17.7 Å². The van der Waals surface area contributed by atoms with Crippen LogP contribution in [0.25, 0.3) is 0 Å². The molecule has 0 bridgehead atoms. The molecule has 2 heterocycles. The Bertz CT molecular complexity index is 953. The number of rotatable bonds is 7. The maximum absolute atomic E-state index is 14.4. The Balaban J connectivity index is 1.38. The number of methoxy groups -OCH3 is 1. The lowest BCUT2D eigenvalue weighted by molar-refractivity contribution is -0.118. The molecule has 0 radical (unpaired) electrons. The molecule has 1 saturated heterocycles. The minimum absolute atomic E-state index is 0.101. The Morgan fingerprint density at radius 1 is 1.27 bits per heavy atom. The fourth-order valence-electron chi connectivity index (χ4n) is 3.65. The number of hydrogen-bond donors (Lipinski definition) is 1. The van der Waals surface area contributed by atoms with Gasteiger partial charge in [-0.15, -0.1) is 0 Å². The zero-order valence-electron chi connectivity index (χ0n) is 16.3. The van der Waals surface area contributed by atoms with E-state index < -0.39 is 5.82 Å². The minimum Gasteiger partial charge on any atom is -0.485 e. The smallest absolute Gasteiger partial charge is 0.262 e. The molecule has 2 aromatic rings. The van der Waals surface area contributed by atoms with Crippen LogP contribution in [0.4, 0.5) is 14.5 Å². The summed E-state index contributed by atoms with van der Waals surface area (Å²) in [5, 5.41) is 2.98. The highest BCUT2D eigenvalue weighted by atomic mass is 35.5. The molecular weight excluding hydrogens is 418 g/mol. The number of likely N-dealkylation sites (tertiary alicyclic amines) is 1. The number of carbonyl (C=O) groups excluding carboxylic acids is 1. The van der Waals surface area contributed by atoms with Gasteiger partial charge in [-0.1, -0.05) is 11.6 Å². The van der Waals surface area contributed by atoms with Gasteiger partial charge >= 0.3 is 0 Å². The third-order valence-corrected chi connectivity index (χ3v) is 5.42. The summed E-state index contributed by atoms with van der Waals surface area (Å²) < 4.78 is 44.8. The number of amides is 1. The second-order valence-corrected chi connectivity index (χ2v) is 7.85. The molecule has 1 N–H and O–H groups in total. The van der Waals surface area contributed by atoms with Crippen molar-refractivity contribution in [2.24, 2.45) is 5.92 Å². The maximum Gasteiger partial charge on any atom is 0.262 e. The van der Waals surface area contributed by atoms with Crippen LogP contribution in [0.5, 0.6) is 11.5 Å². The molecule has 0 saturated carbocycles. The van der Waals surface area contributed by atoms with Gasteiger partial charge in [0.2, 0.25) is 0 Å². The van der Waals surface area contributed by atoms with Gasteiger partial charge in [0, 0.05) is 49.3 Å². The van der Waals surface area contributed by atoms with Crippen molar-refractivity contribution in [3.05, 3.63) is 52.6 Å². The van der Waals surface area contributed by atoms with Crippen LogP contribution in [0.2, 0.25) is 5.02 Å². The first-order valence-electron chi connectivity index (χ1n) is 9.51. The van der Waals surface area contributed by atoms with E-state index in [-0.39, 0.29) is 36.1 Å². The summed E-state index contributed by atoms with van der Waals surface area (Å²) in [5.74, 6) is -0.629. The molecular formula is C21H21ClF2N2O4. The second-order valence-electron chi connectivity index (χ2n) is 7.42. The van der Waals surface area contributed by atoms with Crippen LogP contribution in [-0.2, 0) is 16.1 Å². The van der Waals surface area contributed by atoms with Crippen LogP contribution in [0.1, 0.15) is 5.56 Å². The molecule has 4 rings (SSSR count). The summed E-state index contributed by atoms with van der Waals surface area (Å²) in [7, 11) is 1.56. The Kier molecular flexibility index (Phi) is 6.08. The highest BCUT2D eigenvalue weighted by Crippen LogP contribution is 2.33. The molecule has 1 atom stereocenters. The summed E-state index contributed by atoms with van der Waals surface area (Å²) in [4.78, 5) is 13.5. The molecule has 9 heteroatoms. The summed E-state index contributed by atoms with van der Waals surface area (Å²) in [6, 6.07) is 7.16. The number of carbonyl (C=O) groups is 1. The largest absolute Gasteiger partial charge is 0.485 e. The molecule has 2 aromatic carbocycles. The van der Waals surface area contributed by atoms with Crippen molar-refractivity contribution in [1.29, 1.82) is 0 Å². The minimum atomic E-state index is -0.528. The van der Waals surface area contributed by atoms with E-state index >= 15 is 0 Å². The molecule has 160 valence electrons. The van der Waals surface area contributed by atoms with Crippen LogP contribution in [0.15, 0.2) is 30.3 Å². The Hall–Kier alpha value is -2.42. The first-order chi connectivity index (χ1) is 14.4. The van der Waals surface area contributed by atoms with E-state index in [2.05, 4.69) is 5.32 Å². The van der Waals surface area contributed by atoms with E-state index in [1.165, 1.54) is 18.2 Å². The fraction of sp³-hybridized carbons (Fsp3) is 0.381. The Labute approximate surface area is 177 Å². The van der Waals surface area contributed by atoms with Crippen LogP contribution in [0, 0.1) is 17.6 Å². The maximum atomic E-state index is 14.4. The number of nitrogens with one attached hydrogen (secondary N) is 1. The first-order valence-corrected chi connectivity index (χ1v) is 9.89. The normalized spacial score (nSPS) is 17.5. The molecule has 2 aliphatic rings. The third kappa shape index (κ3) is 4.50. The lowest BCUT2D eigenvalue weighted by atomic mass is 9.93. The van der Waals surface area contributed by atoms with Gasteiger partial charge < -0.3 is 19.5 Å². The van der Waals surface area contributed by atoms with Crippen molar-refractivity contribution in [2.45, 2.75) is 12.6 Å². The topological polar surface area (TPSA) is 60.0 Å². The van der Waals surface area contributed by atoms with Crippen molar-refractivity contribution in [1.82, 2.24) is 4.90 Å². The number of halogens is 3. The SMILES string of the molecule is COCC(Oc1ccc(Cl)cc1F)C1CN(Cc2cc3c(cc2F)OCC(=O)N3)C1. The lowest BCUT2D eigenvalue weighted by Gasteiger charge is -2.43. The van der Waals surface area contributed by atoms with E-state index in [9.17, 15) is 13.6 Å². The Morgan fingerprint density at radius 2 is 2.07 bits per heavy atom. The standard InChI is InChI=1S/C21H21ClF2N2O4/c1-28-10-20(30-18-3-2-14(22)5-16(18)24)13-8-26(9-13)7-12-4-17-19(6-15(12)23)29-11-21(27)25-17/h2-6,13,20H,7-11H2,1H3,(H,25,27). The molecule has 1 fully saturated rings. The number of nitrogens with zero attached hydrogens (tertiary/aromatic N) is 1. The number of anilines is 1. The Morgan fingerprint density at radius 3 is 2.80 bits per heavy atom. The van der Waals surface area contributed by atoms with Gasteiger partial charge in [-0.3, -0.25) is 9.69 Å². The highest BCUT2D eigenvalue weighted by Gasteiger charge is 2.36. The van der Waals surface area contributed by atoms with Gasteiger partial charge in [-0.05, 0) is 24.3 Å². The molecule has 1 unspecified atom stereocenters. The van der Waals surface area contributed by atoms with Crippen LogP contribution >= 0.6 is 11.6 Å². The van der Waals surface area contributed by atoms with E-state index in [0.717, 1.165) is 0 Å². The van der Waals surface area contributed by atoms with Crippen molar-refractivity contribution >= 4 is 23.2 Å². The van der Waals surface area contributed by atoms with Crippen LogP contribution in [0.3, 0.4) is 0 Å². The van der Waals surface area contributed by atoms with Gasteiger partial charge in [-0.25, -0.2) is 8.78 Å². The van der Waals surface area contributed by atoms with Crippen molar-refractivity contribution in [3.63, 3.8) is 0 Å². The lowest BCUT2D eigenvalue weighted by Crippen LogP contribution is -2.54. The number of fused-ring (bicyclic) bond motifs is 1. The number of benzene rings is 2. The zero-order valence-corrected chi connectivity index (χ0v) is 17.0. The zero-order chi connectivity index (χ0) is 21.3. The molecule has 6 nitrogen and oxygen atoms in total. The van der Waals surface area contributed by atoms with E-state index in [1.54, 1.807) is 19.2 Å². The monoisotopic (exact) mass is 438 g/mol. The van der Waals surface area contributed by atoms with E-state index in [4.69, 9.17) is 25.8 Å². The summed E-state index contributed by atoms with van der Waals surface area (Å²) in [6.07, 6.45) is -0.344. The summed E-state index contributed by atoms with van der Waals surface area (Å²) >= 11 is 5.79. The molecule has 0 spiro atoms. The quantitative estimate of drug-likeness (QED) is 0.717. The van der Waals surface area contributed by atoms with Gasteiger partial charge in [0.05, 0.1) is 12.3 Å². The average Bonchev–Trinajstić information content (AvgIpc) is 2.66. The van der Waals surface area contributed by atoms with Crippen LogP contribution < -0.4 is 14.8 Å². The molecule has 2 aliphatic heterocycles. The highest BCUT2D eigenvalue weighted by molar-refractivity contribution is 6.30. The third-order valence-electron chi connectivity index (χ3n) is 5.19. The predicted molar refractivity (Wildman–Crippen MR) is 107 cm³/mol. The second kappa shape index (κ2) is 8.75. The molecule has 30 heavy (non-hydrogen) atoms. The number of ether oxygens (including phenoxy) is 3. The predicted octanol–water partition coefficient (Wildman–Crippen LogP) is 3.47. The number of hydrogen-bond acceptors (Lipinski definition) is 5. The first kappa shape index (κ1) is 20.8. The molecule has 1 amide bonds. The fourth-order valence-corrected chi connectivity index (χ4v) is 3.81. The van der Waals surface area contributed by atoms with Crippen molar-refractivity contribution < 1.29 is 27.8 Å². The van der Waals surface area contributed by atoms with Gasteiger partial charge in [0.25, 0.3) is 5.91 Å².